The number of nitrogens with zero attached hydrogens (tertiary/aromatic N) is 1. The second-order valence-corrected chi connectivity index (χ2v) is 5.32. The molecule has 0 saturated heterocycles. The molecule has 1 aliphatic carbocycles. The number of hydrogen-bond donors (Lipinski definition) is 1. The summed E-state index contributed by atoms with van der Waals surface area (Å²) in [5.74, 6) is 0.121. The van der Waals surface area contributed by atoms with Gasteiger partial charge in [0.2, 0.25) is 5.91 Å². The van der Waals surface area contributed by atoms with E-state index < -0.39 is 0 Å². The highest BCUT2D eigenvalue weighted by atomic mass is 16.5. The van der Waals surface area contributed by atoms with Crippen molar-refractivity contribution in [2.45, 2.75) is 44.1 Å². The van der Waals surface area contributed by atoms with Gasteiger partial charge in [0.05, 0.1) is 12.1 Å². The molecule has 4 heteroatoms. The Balaban J connectivity index is 1.83. The molecule has 1 N–H and O–H groups in total. The fraction of sp³-hybridized carbons (Fsp3) is 0.600. The number of pyridine rings is 1. The zero-order valence-electron chi connectivity index (χ0n) is 11.5. The average Bonchev–Trinajstić information content (AvgIpc) is 2.86. The maximum absolute atomic E-state index is 12.1. The van der Waals surface area contributed by atoms with Crippen LogP contribution in [0.25, 0.3) is 0 Å². The number of carbonyl (C=O) groups is 1. The Hall–Kier alpha value is -1.42. The van der Waals surface area contributed by atoms with Crippen LogP contribution in [-0.2, 0) is 16.0 Å². The molecule has 0 aromatic carbocycles. The number of methoxy groups -OCH3 is 1. The second kappa shape index (κ2) is 6.66. The van der Waals surface area contributed by atoms with Crippen molar-refractivity contribution in [1.82, 2.24) is 10.3 Å². The number of rotatable bonds is 6. The summed E-state index contributed by atoms with van der Waals surface area (Å²) in [5.41, 5.74) is 1.03. The number of hydrogen-bond acceptors (Lipinski definition) is 3. The van der Waals surface area contributed by atoms with Gasteiger partial charge in [0.1, 0.15) is 0 Å². The van der Waals surface area contributed by atoms with Crippen LogP contribution in [0.5, 0.6) is 0 Å². The highest BCUT2D eigenvalue weighted by Crippen LogP contribution is 2.29. The summed E-state index contributed by atoms with van der Waals surface area (Å²) in [6.45, 7) is 0.619. The number of aryl methyl sites for hydroxylation is 1. The predicted molar refractivity (Wildman–Crippen MR) is 73.8 cm³/mol. The molecule has 0 unspecified atom stereocenters. The standard InChI is InChI=1S/C15H22N2O2/c1-19-12-15(8-2-3-9-15)17-14(18)5-4-13-6-10-16-11-7-13/h6-7,10-11H,2-5,8-9,12H2,1H3,(H,17,18). The second-order valence-electron chi connectivity index (χ2n) is 5.32. The van der Waals surface area contributed by atoms with Crippen molar-refractivity contribution in [3.8, 4) is 0 Å². The van der Waals surface area contributed by atoms with Gasteiger partial charge in [0.15, 0.2) is 0 Å². The molecular weight excluding hydrogens is 240 g/mol. The number of ether oxygens (including phenoxy) is 1. The van der Waals surface area contributed by atoms with E-state index in [0.29, 0.717) is 13.0 Å². The number of carbonyl (C=O) groups excluding carboxylic acids is 1. The van der Waals surface area contributed by atoms with Crippen LogP contribution in [0, 0.1) is 0 Å². The normalized spacial score (nSPS) is 17.3. The Labute approximate surface area is 114 Å². The van der Waals surface area contributed by atoms with E-state index in [1.807, 2.05) is 12.1 Å². The molecule has 0 aliphatic heterocycles. The third kappa shape index (κ3) is 4.03. The van der Waals surface area contributed by atoms with Gasteiger partial charge in [-0.3, -0.25) is 9.78 Å². The van der Waals surface area contributed by atoms with Gasteiger partial charge in [-0.05, 0) is 37.0 Å². The summed E-state index contributed by atoms with van der Waals surface area (Å²) in [6, 6.07) is 3.90. The van der Waals surface area contributed by atoms with Crippen LogP contribution in [0.1, 0.15) is 37.7 Å². The Bertz CT molecular complexity index is 400. The van der Waals surface area contributed by atoms with Crippen molar-refractivity contribution in [3.05, 3.63) is 30.1 Å². The SMILES string of the molecule is COCC1(NC(=O)CCc2ccncc2)CCCC1. The topological polar surface area (TPSA) is 51.2 Å². The van der Waals surface area contributed by atoms with Gasteiger partial charge >= 0.3 is 0 Å². The molecule has 1 amide bonds. The minimum Gasteiger partial charge on any atom is -0.382 e. The fourth-order valence-corrected chi connectivity index (χ4v) is 2.80. The summed E-state index contributed by atoms with van der Waals surface area (Å²) in [5, 5.41) is 3.18. The van der Waals surface area contributed by atoms with Gasteiger partial charge in [-0.1, -0.05) is 12.8 Å². The summed E-state index contributed by atoms with van der Waals surface area (Å²) >= 11 is 0. The summed E-state index contributed by atoms with van der Waals surface area (Å²) in [7, 11) is 1.70. The van der Waals surface area contributed by atoms with Gasteiger partial charge in [-0.25, -0.2) is 0 Å². The molecule has 1 aliphatic rings. The van der Waals surface area contributed by atoms with Crippen LogP contribution < -0.4 is 5.32 Å². The molecular formula is C15H22N2O2. The molecule has 104 valence electrons. The molecule has 0 spiro atoms. The number of amides is 1. The average molecular weight is 262 g/mol. The fourth-order valence-electron chi connectivity index (χ4n) is 2.80. The van der Waals surface area contributed by atoms with Gasteiger partial charge in [-0.2, -0.15) is 0 Å². The van der Waals surface area contributed by atoms with Crippen molar-refractivity contribution >= 4 is 5.91 Å². The minimum absolute atomic E-state index is 0.121. The van der Waals surface area contributed by atoms with Crippen LogP contribution in [-0.4, -0.2) is 30.1 Å². The predicted octanol–water partition coefficient (Wildman–Crippen LogP) is 2.09. The number of aromatic nitrogens is 1. The first-order valence-corrected chi connectivity index (χ1v) is 6.93. The molecule has 1 saturated carbocycles. The lowest BCUT2D eigenvalue weighted by Crippen LogP contribution is -2.49. The molecule has 1 aromatic heterocycles. The van der Waals surface area contributed by atoms with Crippen molar-refractivity contribution in [2.75, 3.05) is 13.7 Å². The van der Waals surface area contributed by atoms with Crippen molar-refractivity contribution in [2.24, 2.45) is 0 Å². The zero-order chi connectivity index (χ0) is 13.6. The highest BCUT2D eigenvalue weighted by molar-refractivity contribution is 5.77. The van der Waals surface area contributed by atoms with E-state index in [4.69, 9.17) is 4.74 Å². The van der Waals surface area contributed by atoms with Gasteiger partial charge < -0.3 is 10.1 Å². The lowest BCUT2D eigenvalue weighted by Gasteiger charge is -2.29. The molecule has 4 nitrogen and oxygen atoms in total. The first-order chi connectivity index (χ1) is 9.24. The van der Waals surface area contributed by atoms with E-state index in [2.05, 4.69) is 10.3 Å². The molecule has 1 fully saturated rings. The highest BCUT2D eigenvalue weighted by Gasteiger charge is 2.34. The summed E-state index contributed by atoms with van der Waals surface area (Å²) in [4.78, 5) is 16.0. The first kappa shape index (κ1) is 14.0. The lowest BCUT2D eigenvalue weighted by molar-refractivity contribution is -0.123. The molecule has 0 atom stereocenters. The van der Waals surface area contributed by atoms with Crippen molar-refractivity contribution in [1.29, 1.82) is 0 Å². The van der Waals surface area contributed by atoms with Crippen LogP contribution in [0.2, 0.25) is 0 Å². The van der Waals surface area contributed by atoms with Crippen LogP contribution in [0.4, 0.5) is 0 Å². The summed E-state index contributed by atoms with van der Waals surface area (Å²) in [6.07, 6.45) is 9.21. The molecule has 19 heavy (non-hydrogen) atoms. The van der Waals surface area contributed by atoms with Crippen LogP contribution >= 0.6 is 0 Å². The Morgan fingerprint density at radius 3 is 2.68 bits per heavy atom. The summed E-state index contributed by atoms with van der Waals surface area (Å²) < 4.78 is 5.27. The smallest absolute Gasteiger partial charge is 0.220 e. The molecule has 1 heterocycles. The maximum Gasteiger partial charge on any atom is 0.220 e. The van der Waals surface area contributed by atoms with E-state index >= 15 is 0 Å². The third-order valence-electron chi connectivity index (χ3n) is 3.78. The van der Waals surface area contributed by atoms with Crippen molar-refractivity contribution < 1.29 is 9.53 Å². The molecule has 1 aromatic rings. The van der Waals surface area contributed by atoms with Crippen molar-refractivity contribution in [3.63, 3.8) is 0 Å². The maximum atomic E-state index is 12.1. The molecule has 2 rings (SSSR count). The quantitative estimate of drug-likeness (QED) is 0.854. The first-order valence-electron chi connectivity index (χ1n) is 6.93. The molecule has 0 radical (unpaired) electrons. The minimum atomic E-state index is -0.121. The largest absolute Gasteiger partial charge is 0.382 e. The number of nitrogens with one attached hydrogen (secondary N) is 1. The molecule has 0 bridgehead atoms. The van der Waals surface area contributed by atoms with Gasteiger partial charge in [-0.15, -0.1) is 0 Å². The monoisotopic (exact) mass is 262 g/mol. The third-order valence-corrected chi connectivity index (χ3v) is 3.78. The van der Waals surface area contributed by atoms with Gasteiger partial charge in [0.25, 0.3) is 0 Å². The van der Waals surface area contributed by atoms with E-state index in [-0.39, 0.29) is 11.4 Å². The lowest BCUT2D eigenvalue weighted by atomic mass is 9.98. The van der Waals surface area contributed by atoms with Crippen LogP contribution in [0.15, 0.2) is 24.5 Å². The van der Waals surface area contributed by atoms with E-state index in [1.54, 1.807) is 19.5 Å². The van der Waals surface area contributed by atoms with Gasteiger partial charge in [0, 0.05) is 25.9 Å². The Morgan fingerprint density at radius 1 is 1.37 bits per heavy atom. The van der Waals surface area contributed by atoms with E-state index in [9.17, 15) is 4.79 Å². The Morgan fingerprint density at radius 2 is 2.05 bits per heavy atom. The zero-order valence-corrected chi connectivity index (χ0v) is 11.5. The van der Waals surface area contributed by atoms with Crippen LogP contribution in [0.3, 0.4) is 0 Å². The Kier molecular flexibility index (Phi) is 4.91. The van der Waals surface area contributed by atoms with E-state index in [0.717, 1.165) is 24.8 Å². The van der Waals surface area contributed by atoms with E-state index in [1.165, 1.54) is 12.8 Å².